The summed E-state index contributed by atoms with van der Waals surface area (Å²) in [7, 11) is 0. The maximum absolute atomic E-state index is 13.7. The molecule has 0 aliphatic rings. The zero-order valence-electron chi connectivity index (χ0n) is 20.5. The Kier molecular flexibility index (Phi) is 11.2. The van der Waals surface area contributed by atoms with E-state index in [-0.39, 0.29) is 30.7 Å². The number of aliphatic hydroxyl groups is 2. The highest BCUT2D eigenvalue weighted by molar-refractivity contribution is 6.02. The third kappa shape index (κ3) is 7.38. The van der Waals surface area contributed by atoms with Crippen molar-refractivity contribution in [1.29, 1.82) is 0 Å². The molecule has 0 aliphatic heterocycles. The molecule has 2 rings (SSSR count). The van der Waals surface area contributed by atoms with Gasteiger partial charge in [0.2, 0.25) is 5.91 Å². The van der Waals surface area contributed by atoms with Gasteiger partial charge in [-0.25, -0.2) is 0 Å². The van der Waals surface area contributed by atoms with E-state index in [0.29, 0.717) is 30.6 Å². The first-order chi connectivity index (χ1) is 16.3. The van der Waals surface area contributed by atoms with E-state index in [2.05, 4.69) is 5.32 Å². The standard InChI is InChI=1S/C27H39N3O4/c1-4-14-30(15-5-2)27(34)22-13-9-12-21(26(28)33)25(22)23(16-20-10-7-6-8-11-20)24(32)17-29-19(3)18-31/h6-13,19,23-24,29,31-32H,4-5,14-18H2,1-3H3,(H2,28,33)/t19-,23+,24-/m0/s1. The highest BCUT2D eigenvalue weighted by atomic mass is 16.3. The number of hydrogen-bond donors (Lipinski definition) is 4. The van der Waals surface area contributed by atoms with Gasteiger partial charge in [0.15, 0.2) is 0 Å². The molecule has 0 aromatic heterocycles. The molecule has 0 radical (unpaired) electrons. The normalized spacial score (nSPS) is 13.8. The lowest BCUT2D eigenvalue weighted by Crippen LogP contribution is -2.40. The van der Waals surface area contributed by atoms with Crippen molar-refractivity contribution in [3.63, 3.8) is 0 Å². The van der Waals surface area contributed by atoms with Crippen LogP contribution in [0.4, 0.5) is 0 Å². The van der Waals surface area contributed by atoms with Gasteiger partial charge >= 0.3 is 0 Å². The number of benzene rings is 2. The topological polar surface area (TPSA) is 116 Å². The Morgan fingerprint density at radius 2 is 1.62 bits per heavy atom. The van der Waals surface area contributed by atoms with Gasteiger partial charge in [0.1, 0.15) is 0 Å². The quantitative estimate of drug-likeness (QED) is 0.340. The minimum atomic E-state index is -0.924. The summed E-state index contributed by atoms with van der Waals surface area (Å²) in [4.78, 5) is 27.9. The molecule has 7 heteroatoms. The van der Waals surface area contributed by atoms with E-state index in [4.69, 9.17) is 5.73 Å². The first-order valence-electron chi connectivity index (χ1n) is 12.1. The number of aliphatic hydroxyl groups excluding tert-OH is 2. The summed E-state index contributed by atoms with van der Waals surface area (Å²) < 4.78 is 0. The number of amides is 2. The number of nitrogens with zero attached hydrogens (tertiary/aromatic N) is 1. The highest BCUT2D eigenvalue weighted by Crippen LogP contribution is 2.32. The van der Waals surface area contributed by atoms with Crippen molar-refractivity contribution >= 4 is 11.8 Å². The van der Waals surface area contributed by atoms with E-state index < -0.39 is 17.9 Å². The second-order valence-corrected chi connectivity index (χ2v) is 8.78. The maximum Gasteiger partial charge on any atom is 0.254 e. The molecule has 0 saturated heterocycles. The SMILES string of the molecule is CCCN(CCC)C(=O)c1cccc(C(N)=O)c1[C@H](Cc1ccccc1)[C@@H](O)CN[C@@H](C)CO. The van der Waals surface area contributed by atoms with Gasteiger partial charge < -0.3 is 26.2 Å². The van der Waals surface area contributed by atoms with Gasteiger partial charge in [-0.3, -0.25) is 9.59 Å². The zero-order chi connectivity index (χ0) is 25.1. The number of rotatable bonds is 14. The fourth-order valence-electron chi connectivity index (χ4n) is 4.22. The average Bonchev–Trinajstić information content (AvgIpc) is 2.85. The van der Waals surface area contributed by atoms with Crippen LogP contribution in [0, 0.1) is 0 Å². The Hall–Kier alpha value is -2.74. The van der Waals surface area contributed by atoms with E-state index in [0.717, 1.165) is 18.4 Å². The lowest BCUT2D eigenvalue weighted by molar-refractivity contribution is 0.0751. The molecule has 186 valence electrons. The molecule has 0 spiro atoms. The van der Waals surface area contributed by atoms with Crippen molar-refractivity contribution in [2.75, 3.05) is 26.2 Å². The monoisotopic (exact) mass is 469 g/mol. The van der Waals surface area contributed by atoms with Crippen LogP contribution in [-0.4, -0.2) is 65.3 Å². The third-order valence-electron chi connectivity index (χ3n) is 5.96. The van der Waals surface area contributed by atoms with Gasteiger partial charge in [0.25, 0.3) is 5.91 Å². The fourth-order valence-corrected chi connectivity index (χ4v) is 4.22. The Bertz CT molecular complexity index is 913. The molecule has 3 atom stereocenters. The average molecular weight is 470 g/mol. The van der Waals surface area contributed by atoms with Crippen molar-refractivity contribution in [3.8, 4) is 0 Å². The first-order valence-corrected chi connectivity index (χ1v) is 12.1. The van der Waals surface area contributed by atoms with E-state index in [1.807, 2.05) is 51.1 Å². The van der Waals surface area contributed by atoms with Crippen LogP contribution in [0.2, 0.25) is 0 Å². The Labute approximate surface area is 203 Å². The molecular formula is C27H39N3O4. The minimum Gasteiger partial charge on any atom is -0.395 e. The summed E-state index contributed by atoms with van der Waals surface area (Å²) in [6, 6.07) is 14.5. The van der Waals surface area contributed by atoms with Gasteiger partial charge in [0, 0.05) is 42.7 Å². The van der Waals surface area contributed by atoms with E-state index in [1.165, 1.54) is 0 Å². The lowest BCUT2D eigenvalue weighted by Gasteiger charge is -2.30. The molecule has 0 fully saturated rings. The van der Waals surface area contributed by atoms with Crippen LogP contribution in [0.3, 0.4) is 0 Å². The summed E-state index contributed by atoms with van der Waals surface area (Å²) >= 11 is 0. The third-order valence-corrected chi connectivity index (χ3v) is 5.96. The predicted octanol–water partition coefficient (Wildman–Crippen LogP) is 2.71. The fraction of sp³-hybridized carbons (Fsp3) is 0.481. The van der Waals surface area contributed by atoms with Gasteiger partial charge in [0.05, 0.1) is 12.7 Å². The molecule has 2 aromatic carbocycles. The van der Waals surface area contributed by atoms with Crippen molar-refractivity contribution in [2.45, 2.75) is 58.1 Å². The van der Waals surface area contributed by atoms with Gasteiger partial charge in [-0.05, 0) is 49.4 Å². The summed E-state index contributed by atoms with van der Waals surface area (Å²) in [5.74, 6) is -1.36. The molecule has 0 unspecified atom stereocenters. The first kappa shape index (κ1) is 27.5. The van der Waals surface area contributed by atoms with Gasteiger partial charge in [-0.2, -0.15) is 0 Å². The molecule has 5 N–H and O–H groups in total. The van der Waals surface area contributed by atoms with Crippen molar-refractivity contribution < 1.29 is 19.8 Å². The van der Waals surface area contributed by atoms with E-state index in [1.54, 1.807) is 23.1 Å². The summed E-state index contributed by atoms with van der Waals surface area (Å²) in [6.45, 7) is 7.19. The molecule has 0 heterocycles. The van der Waals surface area contributed by atoms with Crippen LogP contribution < -0.4 is 11.1 Å². The molecule has 0 saturated carbocycles. The van der Waals surface area contributed by atoms with Crippen LogP contribution in [0.1, 0.15) is 71.4 Å². The lowest BCUT2D eigenvalue weighted by atomic mass is 9.81. The zero-order valence-corrected chi connectivity index (χ0v) is 20.5. The van der Waals surface area contributed by atoms with Crippen molar-refractivity contribution in [1.82, 2.24) is 10.2 Å². The summed E-state index contributed by atoms with van der Waals surface area (Å²) in [6.07, 6.45) is 1.13. The number of hydrogen-bond acceptors (Lipinski definition) is 5. The summed E-state index contributed by atoms with van der Waals surface area (Å²) in [5, 5.41) is 23.8. The molecule has 2 aromatic rings. The van der Waals surface area contributed by atoms with Crippen LogP contribution in [-0.2, 0) is 6.42 Å². The number of nitrogens with two attached hydrogens (primary N) is 1. The molecular weight excluding hydrogens is 430 g/mol. The molecule has 7 nitrogen and oxygen atoms in total. The largest absolute Gasteiger partial charge is 0.395 e. The smallest absolute Gasteiger partial charge is 0.254 e. The van der Waals surface area contributed by atoms with Gasteiger partial charge in [-0.15, -0.1) is 0 Å². The van der Waals surface area contributed by atoms with Crippen LogP contribution in [0.25, 0.3) is 0 Å². The van der Waals surface area contributed by atoms with E-state index >= 15 is 0 Å². The number of carbonyl (C=O) groups excluding carboxylic acids is 2. The predicted molar refractivity (Wildman–Crippen MR) is 135 cm³/mol. The van der Waals surface area contributed by atoms with Crippen LogP contribution in [0.5, 0.6) is 0 Å². The Morgan fingerprint density at radius 1 is 1.00 bits per heavy atom. The number of nitrogens with one attached hydrogen (secondary N) is 1. The summed E-state index contributed by atoms with van der Waals surface area (Å²) in [5.41, 5.74) is 7.85. The minimum absolute atomic E-state index is 0.0688. The molecule has 34 heavy (non-hydrogen) atoms. The van der Waals surface area contributed by atoms with E-state index in [9.17, 15) is 19.8 Å². The van der Waals surface area contributed by atoms with Crippen LogP contribution >= 0.6 is 0 Å². The number of primary amides is 1. The Morgan fingerprint density at radius 3 is 2.18 bits per heavy atom. The second-order valence-electron chi connectivity index (χ2n) is 8.78. The second kappa shape index (κ2) is 13.8. The molecule has 0 aliphatic carbocycles. The Balaban J connectivity index is 2.61. The molecule has 2 amide bonds. The molecule has 0 bridgehead atoms. The number of carbonyl (C=O) groups is 2. The van der Waals surface area contributed by atoms with Gasteiger partial charge in [-0.1, -0.05) is 50.2 Å². The highest BCUT2D eigenvalue weighted by Gasteiger charge is 2.31. The maximum atomic E-state index is 13.7. The van der Waals surface area contributed by atoms with Crippen molar-refractivity contribution in [2.24, 2.45) is 5.73 Å². The van der Waals surface area contributed by atoms with Crippen LogP contribution in [0.15, 0.2) is 48.5 Å². The van der Waals surface area contributed by atoms with Crippen molar-refractivity contribution in [3.05, 3.63) is 70.8 Å².